The molecule has 190 valence electrons. The Balaban J connectivity index is 2.62. The van der Waals surface area contributed by atoms with Crippen LogP contribution in [0.15, 0.2) is 46.8 Å². The van der Waals surface area contributed by atoms with Crippen LogP contribution in [0.1, 0.15) is 46.1 Å². The predicted octanol–water partition coefficient (Wildman–Crippen LogP) is 3.41. The summed E-state index contributed by atoms with van der Waals surface area (Å²) in [7, 11) is 2.65. The quantitative estimate of drug-likeness (QED) is 0.231. The molecule has 0 amide bonds. The highest BCUT2D eigenvalue weighted by Crippen LogP contribution is 2.43. The number of nitro groups is 1. The lowest BCUT2D eigenvalue weighted by atomic mass is 9.79. The van der Waals surface area contributed by atoms with Gasteiger partial charge in [0, 0.05) is 30.6 Å². The van der Waals surface area contributed by atoms with Crippen molar-refractivity contribution in [3.05, 3.63) is 62.5 Å². The van der Waals surface area contributed by atoms with E-state index in [2.05, 4.69) is 0 Å². The molecule has 0 aromatic heterocycles. The summed E-state index contributed by atoms with van der Waals surface area (Å²) in [6, 6.07) is 5.62. The largest absolute Gasteiger partial charge is 0.466 e. The van der Waals surface area contributed by atoms with Crippen molar-refractivity contribution >= 4 is 23.6 Å². The highest BCUT2D eigenvalue weighted by Gasteiger charge is 2.41. The fraction of sp³-hybridized carbons (Fsp3) is 0.458. The van der Waals surface area contributed by atoms with Crippen LogP contribution in [0.4, 0.5) is 5.69 Å². The molecule has 0 saturated carbocycles. The van der Waals surface area contributed by atoms with Crippen molar-refractivity contribution in [1.29, 1.82) is 0 Å². The molecule has 1 unspecified atom stereocenters. The van der Waals surface area contributed by atoms with Gasteiger partial charge < -0.3 is 23.8 Å². The molecule has 35 heavy (non-hydrogen) atoms. The summed E-state index contributed by atoms with van der Waals surface area (Å²) in [4.78, 5) is 50.7. The molecule has 1 aromatic carbocycles. The Morgan fingerprint density at radius 2 is 1.63 bits per heavy atom. The second-order valence-corrected chi connectivity index (χ2v) is 8.85. The number of rotatable bonds is 8. The van der Waals surface area contributed by atoms with E-state index in [1.54, 1.807) is 45.6 Å². The van der Waals surface area contributed by atoms with E-state index in [-0.39, 0.29) is 23.6 Å². The van der Waals surface area contributed by atoms with E-state index in [9.17, 15) is 24.5 Å². The summed E-state index contributed by atoms with van der Waals surface area (Å²) in [5, 5.41) is 11.4. The van der Waals surface area contributed by atoms with E-state index in [1.807, 2.05) is 0 Å². The molecular weight excluding hydrogens is 460 g/mol. The van der Waals surface area contributed by atoms with Crippen molar-refractivity contribution in [3.8, 4) is 0 Å². The number of carbonyl (C=O) groups is 3. The first-order chi connectivity index (χ1) is 16.3. The predicted molar refractivity (Wildman–Crippen MR) is 123 cm³/mol. The van der Waals surface area contributed by atoms with E-state index < -0.39 is 41.0 Å². The van der Waals surface area contributed by atoms with Gasteiger partial charge in [0.15, 0.2) is 0 Å². The van der Waals surface area contributed by atoms with Gasteiger partial charge in [-0.15, -0.1) is 0 Å². The van der Waals surface area contributed by atoms with E-state index in [0.29, 0.717) is 17.0 Å². The summed E-state index contributed by atoms with van der Waals surface area (Å²) in [5.41, 5.74) is 0.270. The SMILES string of the molecule is COCN1C(C)=C(C(=O)OC)C(c2cccc([N+](=O)[O-])c2)C(C(=O)OCOC(=O)C(C)(C)C)=C1C. The van der Waals surface area contributed by atoms with Crippen molar-refractivity contribution in [1.82, 2.24) is 4.90 Å². The Kier molecular flexibility index (Phi) is 8.75. The van der Waals surface area contributed by atoms with E-state index in [4.69, 9.17) is 18.9 Å². The van der Waals surface area contributed by atoms with Crippen molar-refractivity contribution in [2.24, 2.45) is 5.41 Å². The van der Waals surface area contributed by atoms with E-state index >= 15 is 0 Å². The van der Waals surface area contributed by atoms with Crippen molar-refractivity contribution in [3.63, 3.8) is 0 Å². The minimum Gasteiger partial charge on any atom is -0.466 e. The lowest BCUT2D eigenvalue weighted by Gasteiger charge is -2.37. The third-order valence-corrected chi connectivity index (χ3v) is 5.46. The number of hydrogen-bond donors (Lipinski definition) is 0. The second kappa shape index (κ2) is 11.1. The summed E-state index contributed by atoms with van der Waals surface area (Å²) in [6.07, 6.45) is 0. The number of non-ortho nitro benzene ring substituents is 1. The average molecular weight is 491 g/mol. The first-order valence-corrected chi connectivity index (χ1v) is 10.7. The normalized spacial score (nSPS) is 16.2. The van der Waals surface area contributed by atoms with Gasteiger partial charge in [0.05, 0.1) is 34.5 Å². The molecule has 11 nitrogen and oxygen atoms in total. The van der Waals surface area contributed by atoms with Gasteiger partial charge in [-0.3, -0.25) is 14.9 Å². The fourth-order valence-electron chi connectivity index (χ4n) is 3.65. The number of nitro benzene ring substituents is 1. The maximum Gasteiger partial charge on any atom is 0.339 e. The minimum absolute atomic E-state index is 0.00953. The van der Waals surface area contributed by atoms with Gasteiger partial charge >= 0.3 is 17.9 Å². The molecule has 1 atom stereocenters. The number of benzene rings is 1. The topological polar surface area (TPSA) is 135 Å². The van der Waals surface area contributed by atoms with Gasteiger partial charge in [-0.25, -0.2) is 9.59 Å². The molecule has 0 fully saturated rings. The van der Waals surface area contributed by atoms with Gasteiger partial charge in [0.1, 0.15) is 6.73 Å². The third kappa shape index (κ3) is 6.04. The Hall–Kier alpha value is -3.73. The highest BCUT2D eigenvalue weighted by atomic mass is 16.7. The van der Waals surface area contributed by atoms with Crippen molar-refractivity contribution in [2.75, 3.05) is 27.7 Å². The standard InChI is InChI=1S/C24H30N2O9/c1-14-18(21(27)33-7)20(16-9-8-10-17(11-16)26(30)31)19(15(2)25(14)12-32-6)22(28)34-13-35-23(29)24(3,4)5/h8-11,20H,12-13H2,1-7H3. The zero-order chi connectivity index (χ0) is 26.5. The van der Waals surface area contributed by atoms with E-state index in [0.717, 1.165) is 0 Å². The maximum atomic E-state index is 13.3. The van der Waals surface area contributed by atoms with Crippen LogP contribution in [-0.4, -0.2) is 55.5 Å². The van der Waals surface area contributed by atoms with Gasteiger partial charge in [-0.2, -0.15) is 0 Å². The van der Waals surface area contributed by atoms with E-state index in [1.165, 1.54) is 32.4 Å². The van der Waals surface area contributed by atoms with Gasteiger partial charge in [-0.05, 0) is 40.2 Å². The molecule has 2 rings (SSSR count). The molecular formula is C24H30N2O9. The number of ether oxygens (including phenoxy) is 4. The summed E-state index contributed by atoms with van der Waals surface area (Å²) in [5.74, 6) is -3.20. The fourth-order valence-corrected chi connectivity index (χ4v) is 3.65. The Morgan fingerprint density at radius 1 is 1.03 bits per heavy atom. The number of allylic oxidation sites excluding steroid dienone is 2. The smallest absolute Gasteiger partial charge is 0.339 e. The first kappa shape index (κ1) is 27.5. The molecule has 0 radical (unpaired) electrons. The molecule has 0 bridgehead atoms. The maximum absolute atomic E-state index is 13.3. The number of carbonyl (C=O) groups excluding carboxylic acids is 3. The molecule has 0 aliphatic carbocycles. The van der Waals surface area contributed by atoms with Crippen molar-refractivity contribution < 1.29 is 38.3 Å². The van der Waals surface area contributed by atoms with Crippen LogP contribution in [0.3, 0.4) is 0 Å². The number of nitrogens with zero attached hydrogens (tertiary/aromatic N) is 2. The lowest BCUT2D eigenvalue weighted by molar-refractivity contribution is -0.384. The first-order valence-electron chi connectivity index (χ1n) is 10.7. The monoisotopic (exact) mass is 490 g/mol. The molecule has 11 heteroatoms. The molecule has 0 N–H and O–H groups in total. The van der Waals surface area contributed by atoms with Crippen LogP contribution in [0.5, 0.6) is 0 Å². The second-order valence-electron chi connectivity index (χ2n) is 8.85. The molecule has 1 aromatic rings. The van der Waals surface area contributed by atoms with Crippen LogP contribution in [0.2, 0.25) is 0 Å². The lowest BCUT2D eigenvalue weighted by Crippen LogP contribution is -2.36. The Labute approximate surface area is 203 Å². The third-order valence-electron chi connectivity index (χ3n) is 5.46. The van der Waals surface area contributed by atoms with Crippen LogP contribution < -0.4 is 0 Å². The number of esters is 3. The summed E-state index contributed by atoms with van der Waals surface area (Å²) in [6.45, 7) is 7.63. The molecule has 0 spiro atoms. The Bertz CT molecular complexity index is 1080. The zero-order valence-corrected chi connectivity index (χ0v) is 20.9. The molecule has 1 aliphatic rings. The summed E-state index contributed by atoms with van der Waals surface area (Å²) < 4.78 is 20.5. The Morgan fingerprint density at radius 3 is 2.14 bits per heavy atom. The van der Waals surface area contributed by atoms with Crippen LogP contribution in [0.25, 0.3) is 0 Å². The van der Waals surface area contributed by atoms with Gasteiger partial charge in [-0.1, -0.05) is 12.1 Å². The minimum atomic E-state index is -1.04. The molecule has 1 heterocycles. The number of methoxy groups -OCH3 is 2. The molecule has 0 saturated heterocycles. The number of hydrogen-bond acceptors (Lipinski definition) is 10. The van der Waals surface area contributed by atoms with Crippen LogP contribution >= 0.6 is 0 Å². The van der Waals surface area contributed by atoms with Gasteiger partial charge in [0.2, 0.25) is 6.79 Å². The van der Waals surface area contributed by atoms with Gasteiger partial charge in [0.25, 0.3) is 5.69 Å². The van der Waals surface area contributed by atoms with Crippen molar-refractivity contribution in [2.45, 2.75) is 40.5 Å². The average Bonchev–Trinajstić information content (AvgIpc) is 2.80. The van der Waals surface area contributed by atoms with Crippen LogP contribution in [0, 0.1) is 15.5 Å². The summed E-state index contributed by atoms with van der Waals surface area (Å²) >= 11 is 0. The molecule has 1 aliphatic heterocycles. The highest BCUT2D eigenvalue weighted by molar-refractivity contribution is 6.00. The zero-order valence-electron chi connectivity index (χ0n) is 20.9. The van der Waals surface area contributed by atoms with Crippen LogP contribution in [-0.2, 0) is 33.3 Å².